The molecule has 0 atom stereocenters. The van der Waals surface area contributed by atoms with Crippen LogP contribution in [-0.4, -0.2) is 24.4 Å². The molecule has 2 amide bonds. The maximum Gasteiger partial charge on any atom is 0.234 e. The van der Waals surface area contributed by atoms with Gasteiger partial charge in [0.15, 0.2) is 0 Å². The minimum Gasteiger partial charge on any atom is -0.352 e. The van der Waals surface area contributed by atoms with Crippen molar-refractivity contribution in [1.29, 1.82) is 0 Å². The van der Waals surface area contributed by atoms with Crippen LogP contribution in [0.25, 0.3) is 0 Å². The van der Waals surface area contributed by atoms with Crippen LogP contribution in [0.15, 0.2) is 24.3 Å². The van der Waals surface area contributed by atoms with Gasteiger partial charge in [-0.25, -0.2) is 0 Å². The van der Waals surface area contributed by atoms with Gasteiger partial charge in [0, 0.05) is 25.2 Å². The Kier molecular flexibility index (Phi) is 4.52. The summed E-state index contributed by atoms with van der Waals surface area (Å²) in [5.74, 6) is -0.0709. The van der Waals surface area contributed by atoms with Crippen molar-refractivity contribution >= 4 is 17.5 Å². The van der Waals surface area contributed by atoms with Crippen LogP contribution in [0.2, 0.25) is 0 Å². The summed E-state index contributed by atoms with van der Waals surface area (Å²) in [5.41, 5.74) is 1.75. The number of benzene rings is 1. The first kappa shape index (κ1) is 13.5. The van der Waals surface area contributed by atoms with Crippen LogP contribution < -0.4 is 16.0 Å². The number of hydrogen-bond donors (Lipinski definition) is 3. The van der Waals surface area contributed by atoms with Gasteiger partial charge in [0.05, 0.1) is 6.54 Å². The van der Waals surface area contributed by atoms with Gasteiger partial charge in [-0.15, -0.1) is 0 Å². The summed E-state index contributed by atoms with van der Waals surface area (Å²) in [7, 11) is 0. The van der Waals surface area contributed by atoms with Crippen LogP contribution >= 0.6 is 0 Å². The van der Waals surface area contributed by atoms with E-state index in [9.17, 15) is 9.59 Å². The topological polar surface area (TPSA) is 70.2 Å². The first-order chi connectivity index (χ1) is 9.15. The van der Waals surface area contributed by atoms with Crippen molar-refractivity contribution < 1.29 is 9.59 Å². The van der Waals surface area contributed by atoms with Gasteiger partial charge in [-0.05, 0) is 24.5 Å². The molecule has 1 aromatic carbocycles. The monoisotopic (exact) mass is 261 g/mol. The number of rotatable bonds is 6. The highest BCUT2D eigenvalue weighted by Crippen LogP contribution is 2.18. The first-order valence-corrected chi connectivity index (χ1v) is 6.50. The zero-order valence-electron chi connectivity index (χ0n) is 11.0. The Hall–Kier alpha value is -1.88. The van der Waals surface area contributed by atoms with Crippen molar-refractivity contribution in [3.05, 3.63) is 29.8 Å². The molecule has 0 aromatic heterocycles. The van der Waals surface area contributed by atoms with Gasteiger partial charge in [-0.3, -0.25) is 9.59 Å². The van der Waals surface area contributed by atoms with E-state index in [2.05, 4.69) is 16.0 Å². The second-order valence-electron chi connectivity index (χ2n) is 4.78. The molecule has 0 spiro atoms. The first-order valence-electron chi connectivity index (χ1n) is 6.50. The molecule has 1 aliphatic carbocycles. The van der Waals surface area contributed by atoms with E-state index in [4.69, 9.17) is 0 Å². The van der Waals surface area contributed by atoms with Gasteiger partial charge in [-0.2, -0.15) is 0 Å². The average molecular weight is 261 g/mol. The third kappa shape index (κ3) is 4.71. The molecule has 0 radical (unpaired) electrons. The number of hydrogen-bond acceptors (Lipinski definition) is 3. The minimum absolute atomic E-state index is 0.0273. The molecule has 5 nitrogen and oxygen atoms in total. The fourth-order valence-electron chi connectivity index (χ4n) is 1.80. The Morgan fingerprint density at radius 2 is 2.00 bits per heavy atom. The second-order valence-corrected chi connectivity index (χ2v) is 4.78. The van der Waals surface area contributed by atoms with Crippen molar-refractivity contribution in [3.8, 4) is 0 Å². The highest BCUT2D eigenvalue weighted by atomic mass is 16.2. The second kappa shape index (κ2) is 6.33. The third-order valence-corrected chi connectivity index (χ3v) is 2.87. The van der Waals surface area contributed by atoms with Gasteiger partial charge >= 0.3 is 0 Å². The van der Waals surface area contributed by atoms with E-state index in [1.54, 1.807) is 0 Å². The zero-order valence-corrected chi connectivity index (χ0v) is 11.0. The van der Waals surface area contributed by atoms with Crippen LogP contribution in [0.5, 0.6) is 0 Å². The maximum absolute atomic E-state index is 11.5. The lowest BCUT2D eigenvalue weighted by atomic mass is 10.1. The number of carbonyl (C=O) groups excluding carboxylic acids is 2. The molecule has 0 aliphatic heterocycles. The zero-order chi connectivity index (χ0) is 13.7. The van der Waals surface area contributed by atoms with E-state index in [0.29, 0.717) is 19.1 Å². The lowest BCUT2D eigenvalue weighted by Crippen LogP contribution is -2.34. The van der Waals surface area contributed by atoms with Crippen molar-refractivity contribution in [2.75, 3.05) is 11.9 Å². The molecule has 1 saturated carbocycles. The lowest BCUT2D eigenvalue weighted by molar-refractivity contribution is -0.120. The third-order valence-electron chi connectivity index (χ3n) is 2.87. The van der Waals surface area contributed by atoms with E-state index < -0.39 is 0 Å². The lowest BCUT2D eigenvalue weighted by Gasteiger charge is -2.10. The molecular formula is C14H19N3O2. The van der Waals surface area contributed by atoms with E-state index in [-0.39, 0.29) is 11.8 Å². The Labute approximate surface area is 112 Å². The highest BCUT2D eigenvalue weighted by molar-refractivity contribution is 5.89. The van der Waals surface area contributed by atoms with Crippen LogP contribution in [-0.2, 0) is 16.1 Å². The normalized spacial score (nSPS) is 13.9. The molecule has 3 N–H and O–H groups in total. The summed E-state index contributed by atoms with van der Waals surface area (Å²) in [6.45, 7) is 2.33. The summed E-state index contributed by atoms with van der Waals surface area (Å²) in [6, 6.07) is 7.95. The SMILES string of the molecule is CC(=O)Nc1ccccc1CNCC(=O)NC1CC1. The summed E-state index contributed by atoms with van der Waals surface area (Å²) in [6.07, 6.45) is 2.19. The van der Waals surface area contributed by atoms with Gasteiger partial charge in [0.2, 0.25) is 11.8 Å². The molecule has 0 saturated heterocycles. The van der Waals surface area contributed by atoms with Crippen LogP contribution in [0.3, 0.4) is 0 Å². The maximum atomic E-state index is 11.5. The molecule has 0 heterocycles. The quantitative estimate of drug-likeness (QED) is 0.716. The summed E-state index contributed by atoms with van der Waals surface area (Å²) >= 11 is 0. The predicted molar refractivity (Wildman–Crippen MR) is 73.6 cm³/mol. The fourth-order valence-corrected chi connectivity index (χ4v) is 1.80. The molecule has 2 rings (SSSR count). The van der Waals surface area contributed by atoms with Crippen LogP contribution in [0.4, 0.5) is 5.69 Å². The molecule has 1 aliphatic rings. The smallest absolute Gasteiger partial charge is 0.234 e. The molecule has 5 heteroatoms. The van der Waals surface area contributed by atoms with Crippen LogP contribution in [0.1, 0.15) is 25.3 Å². The fraction of sp³-hybridized carbons (Fsp3) is 0.429. The number of anilines is 1. The van der Waals surface area contributed by atoms with E-state index in [1.165, 1.54) is 6.92 Å². The van der Waals surface area contributed by atoms with Gasteiger partial charge in [0.25, 0.3) is 0 Å². The Balaban J connectivity index is 1.80. The van der Waals surface area contributed by atoms with E-state index >= 15 is 0 Å². The van der Waals surface area contributed by atoms with Crippen molar-refractivity contribution in [1.82, 2.24) is 10.6 Å². The predicted octanol–water partition coefficient (Wildman–Crippen LogP) is 1.01. The number of carbonyl (C=O) groups is 2. The molecule has 102 valence electrons. The largest absolute Gasteiger partial charge is 0.352 e. The van der Waals surface area contributed by atoms with Crippen molar-refractivity contribution in [2.45, 2.75) is 32.4 Å². The van der Waals surface area contributed by atoms with E-state index in [0.717, 1.165) is 24.1 Å². The average Bonchev–Trinajstić information content (AvgIpc) is 3.14. The summed E-state index contributed by atoms with van der Waals surface area (Å²) in [4.78, 5) is 22.6. The van der Waals surface area contributed by atoms with Crippen LogP contribution in [0, 0.1) is 0 Å². The Morgan fingerprint density at radius 1 is 1.26 bits per heavy atom. The van der Waals surface area contributed by atoms with Gasteiger partial charge in [-0.1, -0.05) is 18.2 Å². The van der Waals surface area contributed by atoms with Crippen molar-refractivity contribution in [3.63, 3.8) is 0 Å². The standard InChI is InChI=1S/C14H19N3O2/c1-10(18)16-13-5-3-2-4-11(13)8-15-9-14(19)17-12-6-7-12/h2-5,12,15H,6-9H2,1H3,(H,16,18)(H,17,19). The number of para-hydroxylation sites is 1. The molecule has 1 fully saturated rings. The van der Waals surface area contributed by atoms with Gasteiger partial charge < -0.3 is 16.0 Å². The number of nitrogens with one attached hydrogen (secondary N) is 3. The Bertz CT molecular complexity index is 470. The summed E-state index contributed by atoms with van der Waals surface area (Å²) in [5, 5.41) is 8.77. The molecule has 1 aromatic rings. The molecule has 0 unspecified atom stereocenters. The highest BCUT2D eigenvalue weighted by Gasteiger charge is 2.22. The minimum atomic E-state index is -0.0982. The van der Waals surface area contributed by atoms with Gasteiger partial charge in [0.1, 0.15) is 0 Å². The summed E-state index contributed by atoms with van der Waals surface area (Å²) < 4.78 is 0. The number of amides is 2. The molecular weight excluding hydrogens is 242 g/mol. The molecule has 19 heavy (non-hydrogen) atoms. The molecule has 0 bridgehead atoms. The van der Waals surface area contributed by atoms with E-state index in [1.807, 2.05) is 24.3 Å². The van der Waals surface area contributed by atoms with Crippen molar-refractivity contribution in [2.24, 2.45) is 0 Å². The Morgan fingerprint density at radius 3 is 2.68 bits per heavy atom.